The first-order chi connectivity index (χ1) is 13.6. The number of cyclic esters (lactones) is 1. The molecular weight excluding hydrogens is 372 g/mol. The summed E-state index contributed by atoms with van der Waals surface area (Å²) < 4.78 is 18.0. The fraction of sp³-hybridized carbons (Fsp3) is 0.913. The van der Waals surface area contributed by atoms with Gasteiger partial charge in [0.1, 0.15) is 11.9 Å². The highest BCUT2D eigenvalue weighted by atomic mass is 16.7. The van der Waals surface area contributed by atoms with Crippen LogP contribution in [-0.2, 0) is 23.8 Å². The minimum Gasteiger partial charge on any atom is -0.462 e. The van der Waals surface area contributed by atoms with Gasteiger partial charge < -0.3 is 19.3 Å². The Kier molecular flexibility index (Phi) is 9.11. The molecule has 2 fully saturated rings. The summed E-state index contributed by atoms with van der Waals surface area (Å²) in [5.41, 5.74) is 0. The van der Waals surface area contributed by atoms with Gasteiger partial charge in [0.25, 0.3) is 0 Å². The Morgan fingerprint density at radius 3 is 2.34 bits per heavy atom. The molecule has 2 aliphatic heterocycles. The van der Waals surface area contributed by atoms with Crippen LogP contribution in [0.3, 0.4) is 0 Å². The Labute approximate surface area is 175 Å². The van der Waals surface area contributed by atoms with Gasteiger partial charge >= 0.3 is 5.97 Å². The highest BCUT2D eigenvalue weighted by Crippen LogP contribution is 2.32. The van der Waals surface area contributed by atoms with Gasteiger partial charge in [0.2, 0.25) is 0 Å². The molecule has 2 aliphatic rings. The van der Waals surface area contributed by atoms with Crippen molar-refractivity contribution in [3.8, 4) is 0 Å². The Morgan fingerprint density at radius 2 is 1.72 bits per heavy atom. The molecule has 168 valence electrons. The van der Waals surface area contributed by atoms with Gasteiger partial charge in [-0.05, 0) is 51.4 Å². The summed E-state index contributed by atoms with van der Waals surface area (Å²) >= 11 is 0. The fourth-order valence-electron chi connectivity index (χ4n) is 4.58. The minimum atomic E-state index is -0.490. The predicted molar refractivity (Wildman–Crippen MR) is 110 cm³/mol. The third-order valence-corrected chi connectivity index (χ3v) is 6.77. The van der Waals surface area contributed by atoms with Crippen LogP contribution in [0.4, 0.5) is 0 Å². The molecule has 2 rings (SSSR count). The van der Waals surface area contributed by atoms with E-state index in [-0.39, 0.29) is 41.7 Å². The van der Waals surface area contributed by atoms with Gasteiger partial charge in [-0.25, -0.2) is 0 Å². The number of hydrogen-bond acceptors (Lipinski definition) is 6. The van der Waals surface area contributed by atoms with E-state index in [1.807, 2.05) is 34.6 Å². The van der Waals surface area contributed by atoms with E-state index in [1.54, 1.807) is 0 Å². The largest absolute Gasteiger partial charge is 0.462 e. The van der Waals surface area contributed by atoms with E-state index in [1.165, 1.54) is 0 Å². The topological polar surface area (TPSA) is 82.1 Å². The second-order valence-electron chi connectivity index (χ2n) is 9.28. The van der Waals surface area contributed by atoms with E-state index in [2.05, 4.69) is 6.92 Å². The van der Waals surface area contributed by atoms with Crippen LogP contribution in [0.25, 0.3) is 0 Å². The molecule has 0 bridgehead atoms. The SMILES string of the molecule is CCC1OC(=O)[C@H](C)C(O[C@H]2CC[C@@H](O)[C@H](C)O2)[C@@H](C)C[C@@H](C)C(=O)CC[C@H]1C. The number of esters is 1. The van der Waals surface area contributed by atoms with E-state index < -0.39 is 24.4 Å². The van der Waals surface area contributed by atoms with Crippen LogP contribution in [-0.4, -0.2) is 47.6 Å². The zero-order valence-corrected chi connectivity index (χ0v) is 18.9. The molecule has 0 amide bonds. The van der Waals surface area contributed by atoms with E-state index in [9.17, 15) is 14.7 Å². The summed E-state index contributed by atoms with van der Waals surface area (Å²) in [6.45, 7) is 11.7. The lowest BCUT2D eigenvalue weighted by molar-refractivity contribution is -0.249. The second-order valence-corrected chi connectivity index (χ2v) is 9.28. The van der Waals surface area contributed by atoms with Gasteiger partial charge in [0, 0.05) is 18.8 Å². The number of aliphatic hydroxyl groups is 1. The molecule has 0 radical (unpaired) electrons. The number of carbonyl (C=O) groups excluding carboxylic acids is 2. The van der Waals surface area contributed by atoms with Crippen LogP contribution in [0, 0.1) is 23.7 Å². The zero-order valence-electron chi connectivity index (χ0n) is 18.9. The zero-order chi connectivity index (χ0) is 21.7. The molecule has 29 heavy (non-hydrogen) atoms. The molecule has 0 aromatic carbocycles. The lowest BCUT2D eigenvalue weighted by atomic mass is 9.83. The van der Waals surface area contributed by atoms with Crippen LogP contribution >= 0.6 is 0 Å². The summed E-state index contributed by atoms with van der Waals surface area (Å²) in [6.07, 6.45) is 1.99. The average molecular weight is 413 g/mol. The normalized spacial score (nSPS) is 43.2. The number of ketones is 1. The van der Waals surface area contributed by atoms with Crippen molar-refractivity contribution in [1.29, 1.82) is 0 Å². The molecule has 1 N–H and O–H groups in total. The third-order valence-electron chi connectivity index (χ3n) is 6.77. The summed E-state index contributed by atoms with van der Waals surface area (Å²) in [4.78, 5) is 25.6. The molecule has 2 unspecified atom stereocenters. The monoisotopic (exact) mass is 412 g/mol. The van der Waals surface area contributed by atoms with Crippen molar-refractivity contribution >= 4 is 11.8 Å². The van der Waals surface area contributed by atoms with Crippen LogP contribution in [0.15, 0.2) is 0 Å². The molecule has 0 spiro atoms. The number of Topliss-reactive ketones (excluding diaryl/α,β-unsaturated/α-hetero) is 1. The van der Waals surface area contributed by atoms with Crippen molar-refractivity contribution in [3.05, 3.63) is 0 Å². The summed E-state index contributed by atoms with van der Waals surface area (Å²) in [6, 6.07) is 0. The van der Waals surface area contributed by atoms with Gasteiger partial charge in [-0.3, -0.25) is 9.59 Å². The average Bonchev–Trinajstić information content (AvgIpc) is 2.68. The van der Waals surface area contributed by atoms with Crippen molar-refractivity contribution in [2.75, 3.05) is 0 Å². The van der Waals surface area contributed by atoms with Crippen LogP contribution in [0.2, 0.25) is 0 Å². The quantitative estimate of drug-likeness (QED) is 0.709. The van der Waals surface area contributed by atoms with Gasteiger partial charge in [-0.1, -0.05) is 27.7 Å². The number of hydrogen-bond donors (Lipinski definition) is 1. The standard InChI is InChI=1S/C23H40O6/c1-7-20-13(2)8-9-18(24)14(3)12-15(4)22(16(5)23(26)28-20)29-21-11-10-19(25)17(6)27-21/h13-17,19-22,25H,7-12H2,1-6H3/t13-,14-,15+,16-,17+,19-,20?,21+,22?/m1/s1. The molecule has 6 heteroatoms. The first kappa shape index (κ1) is 24.3. The summed E-state index contributed by atoms with van der Waals surface area (Å²) in [7, 11) is 0. The number of rotatable bonds is 3. The molecule has 9 atom stereocenters. The lowest BCUT2D eigenvalue weighted by Crippen LogP contribution is -2.45. The van der Waals surface area contributed by atoms with E-state index >= 15 is 0 Å². The van der Waals surface area contributed by atoms with Gasteiger partial charge in [0.05, 0.1) is 24.2 Å². The highest BCUT2D eigenvalue weighted by Gasteiger charge is 2.38. The third kappa shape index (κ3) is 6.50. The molecular formula is C23H40O6. The van der Waals surface area contributed by atoms with E-state index in [0.29, 0.717) is 25.7 Å². The summed E-state index contributed by atoms with van der Waals surface area (Å²) in [5, 5.41) is 9.91. The van der Waals surface area contributed by atoms with Crippen LogP contribution in [0.5, 0.6) is 0 Å². The van der Waals surface area contributed by atoms with Crippen molar-refractivity contribution < 1.29 is 28.9 Å². The van der Waals surface area contributed by atoms with Crippen molar-refractivity contribution in [2.24, 2.45) is 23.7 Å². The van der Waals surface area contributed by atoms with Gasteiger partial charge in [0.15, 0.2) is 6.29 Å². The first-order valence-corrected chi connectivity index (χ1v) is 11.4. The molecule has 0 aliphatic carbocycles. The maximum atomic E-state index is 13.0. The molecule has 2 saturated heterocycles. The molecule has 2 heterocycles. The Bertz CT molecular complexity index is 549. The number of ether oxygens (including phenoxy) is 3. The fourth-order valence-corrected chi connectivity index (χ4v) is 4.58. The van der Waals surface area contributed by atoms with Gasteiger partial charge in [-0.15, -0.1) is 0 Å². The smallest absolute Gasteiger partial charge is 0.311 e. The minimum absolute atomic E-state index is 0.000757. The van der Waals surface area contributed by atoms with Crippen LogP contribution in [0.1, 0.15) is 80.1 Å². The highest BCUT2D eigenvalue weighted by molar-refractivity contribution is 5.80. The van der Waals surface area contributed by atoms with Crippen molar-refractivity contribution in [2.45, 2.75) is 111 Å². The first-order valence-electron chi connectivity index (χ1n) is 11.4. The van der Waals surface area contributed by atoms with Crippen LogP contribution < -0.4 is 0 Å². The van der Waals surface area contributed by atoms with E-state index in [4.69, 9.17) is 14.2 Å². The molecule has 0 aromatic rings. The maximum absolute atomic E-state index is 13.0. The Balaban J connectivity index is 2.21. The molecule has 0 saturated carbocycles. The molecule has 0 aromatic heterocycles. The number of aliphatic hydroxyl groups excluding tert-OH is 1. The van der Waals surface area contributed by atoms with Crippen molar-refractivity contribution in [3.63, 3.8) is 0 Å². The molecule has 6 nitrogen and oxygen atoms in total. The summed E-state index contributed by atoms with van der Waals surface area (Å²) in [5.74, 6) is -0.365. The number of carbonyl (C=O) groups is 2. The lowest BCUT2D eigenvalue weighted by Gasteiger charge is -2.38. The Morgan fingerprint density at radius 1 is 1.03 bits per heavy atom. The van der Waals surface area contributed by atoms with Crippen molar-refractivity contribution in [1.82, 2.24) is 0 Å². The Hall–Kier alpha value is -0.980. The van der Waals surface area contributed by atoms with E-state index in [0.717, 1.165) is 12.8 Å². The second kappa shape index (κ2) is 10.9. The predicted octanol–water partition coefficient (Wildman–Crippen LogP) is 3.88. The maximum Gasteiger partial charge on any atom is 0.311 e. The van der Waals surface area contributed by atoms with Gasteiger partial charge in [-0.2, -0.15) is 0 Å².